The third-order valence-electron chi connectivity index (χ3n) is 4.23. The Morgan fingerprint density at radius 2 is 2.10 bits per heavy atom. The number of hydrogen-bond acceptors (Lipinski definition) is 4. The first-order valence-electron chi connectivity index (χ1n) is 7.29. The van der Waals surface area contributed by atoms with Crippen LogP contribution >= 0.6 is 0 Å². The molecule has 0 atom stereocenters. The largest absolute Gasteiger partial charge is 0.475 e. The first-order chi connectivity index (χ1) is 10.2. The van der Waals surface area contributed by atoms with Gasteiger partial charge in [0.1, 0.15) is 5.58 Å². The van der Waals surface area contributed by atoms with E-state index < -0.39 is 5.97 Å². The number of benzene rings is 1. The summed E-state index contributed by atoms with van der Waals surface area (Å²) >= 11 is 0. The van der Waals surface area contributed by atoms with E-state index in [0.717, 1.165) is 18.2 Å². The molecule has 0 radical (unpaired) electrons. The summed E-state index contributed by atoms with van der Waals surface area (Å²) in [6, 6.07) is 7.82. The number of carboxylic acid groups (broad SMARTS) is 1. The Morgan fingerprint density at radius 3 is 2.71 bits per heavy atom. The van der Waals surface area contributed by atoms with Crippen molar-refractivity contribution in [2.75, 3.05) is 13.2 Å². The molecule has 0 saturated heterocycles. The van der Waals surface area contributed by atoms with Gasteiger partial charge in [-0.15, -0.1) is 0 Å². The number of nitrogens with zero attached hydrogens (tertiary/aromatic N) is 1. The molecule has 0 unspecified atom stereocenters. The lowest BCUT2D eigenvalue weighted by Gasteiger charge is -2.37. The minimum absolute atomic E-state index is 0.0125. The van der Waals surface area contributed by atoms with E-state index in [9.17, 15) is 15.0 Å². The van der Waals surface area contributed by atoms with Gasteiger partial charge in [0.15, 0.2) is 0 Å². The second-order valence-corrected chi connectivity index (χ2v) is 5.49. The molecule has 0 aliphatic heterocycles. The number of para-hydroxylation sites is 1. The maximum absolute atomic E-state index is 11.4. The number of aliphatic hydroxyl groups is 1. The molecule has 2 aromatic rings. The van der Waals surface area contributed by atoms with Gasteiger partial charge in [0.25, 0.3) is 0 Å². The molecule has 1 saturated carbocycles. The van der Waals surface area contributed by atoms with Crippen LogP contribution in [0.5, 0.6) is 0 Å². The molecule has 1 fully saturated rings. The predicted molar refractivity (Wildman–Crippen MR) is 78.3 cm³/mol. The lowest BCUT2D eigenvalue weighted by atomic mass is 9.91. The highest BCUT2D eigenvalue weighted by molar-refractivity contribution is 5.95. The second-order valence-electron chi connectivity index (χ2n) is 5.49. The number of carboxylic acids is 1. The first-order valence-corrected chi connectivity index (χ1v) is 7.29. The Labute approximate surface area is 122 Å². The Balaban J connectivity index is 1.97. The van der Waals surface area contributed by atoms with Gasteiger partial charge >= 0.3 is 5.97 Å². The van der Waals surface area contributed by atoms with Crippen molar-refractivity contribution < 1.29 is 19.4 Å². The van der Waals surface area contributed by atoms with E-state index in [-0.39, 0.29) is 12.4 Å². The van der Waals surface area contributed by atoms with E-state index in [0.29, 0.717) is 30.3 Å². The van der Waals surface area contributed by atoms with Crippen LogP contribution in [0.3, 0.4) is 0 Å². The topological polar surface area (TPSA) is 73.9 Å². The number of hydrogen-bond donors (Lipinski definition) is 2. The standard InChI is InChI=1S/C16H19NO4/c18-9-8-17(11-4-3-5-11)10-13-12-6-1-2-7-14(12)21-15(13)16(19)20/h1-2,6-7,11,18H,3-5,8-10H2,(H,19,20). The number of rotatable bonds is 6. The fourth-order valence-electron chi connectivity index (χ4n) is 2.90. The van der Waals surface area contributed by atoms with Gasteiger partial charge in [-0.05, 0) is 18.9 Å². The van der Waals surface area contributed by atoms with E-state index >= 15 is 0 Å². The zero-order chi connectivity index (χ0) is 14.8. The normalized spacial score (nSPS) is 15.5. The number of carbonyl (C=O) groups is 1. The number of fused-ring (bicyclic) bond motifs is 1. The van der Waals surface area contributed by atoms with Crippen molar-refractivity contribution in [2.24, 2.45) is 0 Å². The monoisotopic (exact) mass is 289 g/mol. The van der Waals surface area contributed by atoms with Crippen LogP contribution in [0.15, 0.2) is 28.7 Å². The average Bonchev–Trinajstić information content (AvgIpc) is 2.76. The molecule has 0 spiro atoms. The van der Waals surface area contributed by atoms with E-state index in [1.807, 2.05) is 18.2 Å². The van der Waals surface area contributed by atoms with Crippen LogP contribution in [-0.2, 0) is 6.54 Å². The maximum atomic E-state index is 11.4. The molecular formula is C16H19NO4. The highest BCUT2D eigenvalue weighted by atomic mass is 16.4. The van der Waals surface area contributed by atoms with E-state index in [1.54, 1.807) is 6.07 Å². The van der Waals surface area contributed by atoms with Crippen LogP contribution in [0.1, 0.15) is 35.4 Å². The van der Waals surface area contributed by atoms with Crippen molar-refractivity contribution in [3.05, 3.63) is 35.6 Å². The van der Waals surface area contributed by atoms with Crippen molar-refractivity contribution in [2.45, 2.75) is 31.8 Å². The minimum Gasteiger partial charge on any atom is -0.475 e. The fraction of sp³-hybridized carbons (Fsp3) is 0.438. The van der Waals surface area contributed by atoms with Crippen molar-refractivity contribution >= 4 is 16.9 Å². The second kappa shape index (κ2) is 5.87. The molecule has 21 heavy (non-hydrogen) atoms. The number of aromatic carboxylic acids is 1. The van der Waals surface area contributed by atoms with Crippen LogP contribution in [-0.4, -0.2) is 40.3 Å². The fourth-order valence-corrected chi connectivity index (χ4v) is 2.90. The smallest absolute Gasteiger partial charge is 0.372 e. The van der Waals surface area contributed by atoms with Crippen LogP contribution in [0.25, 0.3) is 11.0 Å². The van der Waals surface area contributed by atoms with Gasteiger partial charge < -0.3 is 14.6 Å². The Morgan fingerprint density at radius 1 is 1.33 bits per heavy atom. The van der Waals surface area contributed by atoms with E-state index in [4.69, 9.17) is 4.42 Å². The lowest BCUT2D eigenvalue weighted by molar-refractivity contribution is 0.0654. The summed E-state index contributed by atoms with van der Waals surface area (Å²) in [4.78, 5) is 13.6. The summed E-state index contributed by atoms with van der Waals surface area (Å²) in [5.41, 5.74) is 1.31. The maximum Gasteiger partial charge on any atom is 0.372 e. The highest BCUT2D eigenvalue weighted by Gasteiger charge is 2.28. The predicted octanol–water partition coefficient (Wildman–Crippen LogP) is 2.48. The number of aliphatic hydroxyl groups excluding tert-OH is 1. The SMILES string of the molecule is O=C(O)c1oc2ccccc2c1CN(CCO)C1CCC1. The van der Waals surface area contributed by atoms with E-state index in [2.05, 4.69) is 4.90 Å². The number of furan rings is 1. The summed E-state index contributed by atoms with van der Waals surface area (Å²) in [6.07, 6.45) is 3.42. The van der Waals surface area contributed by atoms with Gasteiger partial charge in [0.2, 0.25) is 5.76 Å². The summed E-state index contributed by atoms with van der Waals surface area (Å²) in [7, 11) is 0. The molecule has 0 amide bonds. The molecule has 1 heterocycles. The molecule has 1 aliphatic rings. The Kier molecular flexibility index (Phi) is 3.94. The summed E-state index contributed by atoms with van der Waals surface area (Å²) in [5.74, 6) is -1.03. The van der Waals surface area contributed by atoms with Gasteiger partial charge in [0, 0.05) is 30.1 Å². The Hall–Kier alpha value is -1.85. The van der Waals surface area contributed by atoms with Crippen LogP contribution in [0, 0.1) is 0 Å². The summed E-state index contributed by atoms with van der Waals surface area (Å²) in [5, 5.41) is 19.4. The summed E-state index contributed by atoms with van der Waals surface area (Å²) < 4.78 is 5.48. The molecule has 112 valence electrons. The van der Waals surface area contributed by atoms with Gasteiger partial charge in [-0.25, -0.2) is 4.79 Å². The third kappa shape index (κ3) is 2.66. The molecular weight excluding hydrogens is 270 g/mol. The first kappa shape index (κ1) is 14.1. The highest BCUT2D eigenvalue weighted by Crippen LogP contribution is 2.31. The van der Waals surface area contributed by atoms with Crippen molar-refractivity contribution in [1.29, 1.82) is 0 Å². The van der Waals surface area contributed by atoms with Crippen molar-refractivity contribution in [3.8, 4) is 0 Å². The molecule has 0 bridgehead atoms. The summed E-state index contributed by atoms with van der Waals surface area (Å²) in [6.45, 7) is 1.14. The lowest BCUT2D eigenvalue weighted by Crippen LogP contribution is -2.41. The van der Waals surface area contributed by atoms with E-state index in [1.165, 1.54) is 6.42 Å². The van der Waals surface area contributed by atoms with Crippen LogP contribution in [0.2, 0.25) is 0 Å². The van der Waals surface area contributed by atoms with Gasteiger partial charge in [-0.1, -0.05) is 24.6 Å². The van der Waals surface area contributed by atoms with Crippen molar-refractivity contribution in [1.82, 2.24) is 4.90 Å². The molecule has 1 aliphatic carbocycles. The van der Waals surface area contributed by atoms with Gasteiger partial charge in [-0.3, -0.25) is 4.90 Å². The molecule has 1 aromatic heterocycles. The van der Waals surface area contributed by atoms with Gasteiger partial charge in [-0.2, -0.15) is 0 Å². The Bertz CT molecular complexity index is 645. The van der Waals surface area contributed by atoms with Gasteiger partial charge in [0.05, 0.1) is 6.61 Å². The van der Waals surface area contributed by atoms with Crippen LogP contribution in [0.4, 0.5) is 0 Å². The minimum atomic E-state index is -1.04. The zero-order valence-electron chi connectivity index (χ0n) is 11.8. The van der Waals surface area contributed by atoms with Crippen LogP contribution < -0.4 is 0 Å². The third-order valence-corrected chi connectivity index (χ3v) is 4.23. The average molecular weight is 289 g/mol. The molecule has 5 nitrogen and oxygen atoms in total. The molecule has 2 N–H and O–H groups in total. The zero-order valence-corrected chi connectivity index (χ0v) is 11.8. The van der Waals surface area contributed by atoms with Crippen molar-refractivity contribution in [3.63, 3.8) is 0 Å². The molecule has 3 rings (SSSR count). The quantitative estimate of drug-likeness (QED) is 0.854. The molecule has 5 heteroatoms. The molecule has 1 aromatic carbocycles.